The normalized spacial score (nSPS) is 13.4. The van der Waals surface area contributed by atoms with Gasteiger partial charge in [0.2, 0.25) is 5.91 Å². The maximum atomic E-state index is 12.9. The smallest absolute Gasteiger partial charge is 0.252 e. The number of benzene rings is 3. The third-order valence-electron chi connectivity index (χ3n) is 5.01. The number of nitrogens with one attached hydrogen (secondary N) is 2. The van der Waals surface area contributed by atoms with Gasteiger partial charge in [-0.15, -0.1) is 0 Å². The largest absolute Gasteiger partial charge is 0.381 e. The summed E-state index contributed by atoms with van der Waals surface area (Å²) in [4.78, 5) is 37.5. The lowest BCUT2D eigenvalue weighted by atomic mass is 9.99. The summed E-state index contributed by atoms with van der Waals surface area (Å²) in [5, 5.41) is 16.1. The quantitative estimate of drug-likeness (QED) is 0.412. The molecule has 3 aromatic carbocycles. The summed E-state index contributed by atoms with van der Waals surface area (Å²) in [6, 6.07) is 24.2. The molecule has 0 heterocycles. The minimum atomic E-state index is -1.65. The van der Waals surface area contributed by atoms with Gasteiger partial charge in [0.15, 0.2) is 6.10 Å². The first-order chi connectivity index (χ1) is 15.5. The van der Waals surface area contributed by atoms with Crippen molar-refractivity contribution in [2.24, 2.45) is 5.73 Å². The molecule has 3 aromatic rings. The number of carbonyl (C=O) groups is 3. The van der Waals surface area contributed by atoms with Crippen LogP contribution in [0.5, 0.6) is 0 Å². The van der Waals surface area contributed by atoms with Crippen LogP contribution in [0.2, 0.25) is 0 Å². The van der Waals surface area contributed by atoms with Crippen LogP contribution in [-0.4, -0.2) is 35.0 Å². The molecular formula is C25H25N3O4. The van der Waals surface area contributed by atoms with Crippen LogP contribution < -0.4 is 16.4 Å². The number of amides is 3. The van der Waals surface area contributed by atoms with Crippen LogP contribution in [0.3, 0.4) is 0 Å². The molecule has 0 unspecified atom stereocenters. The second kappa shape index (κ2) is 10.9. The highest BCUT2D eigenvalue weighted by Crippen LogP contribution is 2.19. The lowest BCUT2D eigenvalue weighted by Crippen LogP contribution is -2.52. The summed E-state index contributed by atoms with van der Waals surface area (Å²) in [7, 11) is 0. The number of carbonyl (C=O) groups excluding carboxylic acids is 3. The monoisotopic (exact) mass is 431 g/mol. The Balaban J connectivity index is 1.78. The molecule has 7 nitrogen and oxygen atoms in total. The Labute approximate surface area is 186 Å². The topological polar surface area (TPSA) is 122 Å². The zero-order valence-electron chi connectivity index (χ0n) is 17.3. The molecule has 0 aliphatic heterocycles. The molecule has 0 saturated heterocycles. The average Bonchev–Trinajstić information content (AvgIpc) is 2.83. The van der Waals surface area contributed by atoms with Crippen LogP contribution in [0.25, 0.3) is 0 Å². The third-order valence-corrected chi connectivity index (χ3v) is 5.01. The number of nitrogens with two attached hydrogens (primary N) is 1. The van der Waals surface area contributed by atoms with Crippen molar-refractivity contribution in [1.82, 2.24) is 10.6 Å². The van der Waals surface area contributed by atoms with E-state index in [0.29, 0.717) is 11.1 Å². The molecule has 164 valence electrons. The second-order valence-corrected chi connectivity index (χ2v) is 7.33. The Hall–Kier alpha value is -3.97. The lowest BCUT2D eigenvalue weighted by Gasteiger charge is -2.26. The van der Waals surface area contributed by atoms with Gasteiger partial charge in [0.05, 0.1) is 6.04 Å². The van der Waals surface area contributed by atoms with Crippen LogP contribution in [0.1, 0.15) is 27.5 Å². The molecule has 0 bridgehead atoms. The van der Waals surface area contributed by atoms with Crippen LogP contribution >= 0.6 is 0 Å². The lowest BCUT2D eigenvalue weighted by molar-refractivity contribution is -0.134. The minimum absolute atomic E-state index is 0.182. The number of hydrogen-bond acceptors (Lipinski definition) is 4. The Morgan fingerprint density at radius 2 is 1.31 bits per heavy atom. The highest BCUT2D eigenvalue weighted by molar-refractivity contribution is 5.95. The van der Waals surface area contributed by atoms with Gasteiger partial charge in [-0.2, -0.15) is 0 Å². The van der Waals surface area contributed by atoms with Gasteiger partial charge in [0.1, 0.15) is 6.04 Å². The van der Waals surface area contributed by atoms with Crippen molar-refractivity contribution in [2.45, 2.75) is 24.6 Å². The molecule has 0 aliphatic rings. The molecule has 3 rings (SSSR count). The SMILES string of the molecule is NC(=O)[C@@H](Cc1ccccc1)NC(=O)[C@H](O)[C@@H](NC(=O)c1ccccc1)c1ccccc1. The van der Waals surface area contributed by atoms with E-state index in [2.05, 4.69) is 10.6 Å². The number of primary amides is 1. The first-order valence-electron chi connectivity index (χ1n) is 10.2. The summed E-state index contributed by atoms with van der Waals surface area (Å²) in [5.74, 6) is -1.98. The Bertz CT molecular complexity index is 1040. The van der Waals surface area contributed by atoms with Gasteiger partial charge in [-0.1, -0.05) is 78.9 Å². The van der Waals surface area contributed by atoms with E-state index >= 15 is 0 Å². The summed E-state index contributed by atoms with van der Waals surface area (Å²) in [5.41, 5.74) is 7.21. The van der Waals surface area contributed by atoms with E-state index in [9.17, 15) is 19.5 Å². The maximum Gasteiger partial charge on any atom is 0.252 e. The maximum absolute atomic E-state index is 12.9. The molecule has 5 N–H and O–H groups in total. The third kappa shape index (κ3) is 6.02. The fraction of sp³-hybridized carbons (Fsp3) is 0.160. The zero-order valence-corrected chi connectivity index (χ0v) is 17.3. The van der Waals surface area contributed by atoms with E-state index < -0.39 is 35.9 Å². The molecule has 3 atom stereocenters. The first kappa shape index (κ1) is 22.7. The Morgan fingerprint density at radius 3 is 1.88 bits per heavy atom. The second-order valence-electron chi connectivity index (χ2n) is 7.33. The number of aliphatic hydroxyl groups excluding tert-OH is 1. The number of rotatable bonds is 9. The van der Waals surface area contributed by atoms with Gasteiger partial charge < -0.3 is 21.5 Å². The summed E-state index contributed by atoms with van der Waals surface area (Å²) in [6.45, 7) is 0. The van der Waals surface area contributed by atoms with Crippen molar-refractivity contribution >= 4 is 17.7 Å². The average molecular weight is 431 g/mol. The van der Waals surface area contributed by atoms with Gasteiger partial charge in [-0.25, -0.2) is 0 Å². The molecule has 0 spiro atoms. The van der Waals surface area contributed by atoms with Crippen molar-refractivity contribution in [3.8, 4) is 0 Å². The molecule has 0 aliphatic carbocycles. The van der Waals surface area contributed by atoms with Crippen molar-refractivity contribution in [2.75, 3.05) is 0 Å². The van der Waals surface area contributed by atoms with Crippen molar-refractivity contribution in [3.05, 3.63) is 108 Å². The van der Waals surface area contributed by atoms with Crippen LogP contribution in [0, 0.1) is 0 Å². The highest BCUT2D eigenvalue weighted by atomic mass is 16.3. The van der Waals surface area contributed by atoms with E-state index in [1.807, 2.05) is 30.3 Å². The van der Waals surface area contributed by atoms with E-state index in [-0.39, 0.29) is 6.42 Å². The first-order valence-corrected chi connectivity index (χ1v) is 10.2. The van der Waals surface area contributed by atoms with Crippen LogP contribution in [0.4, 0.5) is 0 Å². The highest BCUT2D eigenvalue weighted by Gasteiger charge is 2.31. The van der Waals surface area contributed by atoms with E-state index in [4.69, 9.17) is 5.73 Å². The molecular weight excluding hydrogens is 406 g/mol. The number of hydrogen-bond donors (Lipinski definition) is 4. The van der Waals surface area contributed by atoms with Crippen LogP contribution in [-0.2, 0) is 16.0 Å². The minimum Gasteiger partial charge on any atom is -0.381 e. The van der Waals surface area contributed by atoms with E-state index in [1.165, 1.54) is 0 Å². The summed E-state index contributed by atoms with van der Waals surface area (Å²) >= 11 is 0. The molecule has 0 fully saturated rings. The summed E-state index contributed by atoms with van der Waals surface area (Å²) in [6.07, 6.45) is -1.47. The molecule has 32 heavy (non-hydrogen) atoms. The van der Waals surface area contributed by atoms with Crippen molar-refractivity contribution in [1.29, 1.82) is 0 Å². The summed E-state index contributed by atoms with van der Waals surface area (Å²) < 4.78 is 0. The van der Waals surface area contributed by atoms with Gasteiger partial charge in [0.25, 0.3) is 11.8 Å². The van der Waals surface area contributed by atoms with E-state index in [1.54, 1.807) is 60.7 Å². The van der Waals surface area contributed by atoms with Gasteiger partial charge in [-0.05, 0) is 23.3 Å². The fourth-order valence-electron chi connectivity index (χ4n) is 3.30. The van der Waals surface area contributed by atoms with Crippen molar-refractivity contribution in [3.63, 3.8) is 0 Å². The predicted molar refractivity (Wildman–Crippen MR) is 120 cm³/mol. The molecule has 0 aromatic heterocycles. The zero-order chi connectivity index (χ0) is 22.9. The van der Waals surface area contributed by atoms with Gasteiger partial charge in [-0.3, -0.25) is 14.4 Å². The fourth-order valence-corrected chi connectivity index (χ4v) is 3.30. The van der Waals surface area contributed by atoms with Crippen molar-refractivity contribution < 1.29 is 19.5 Å². The van der Waals surface area contributed by atoms with Gasteiger partial charge >= 0.3 is 0 Å². The molecule has 0 radical (unpaired) electrons. The number of aliphatic hydroxyl groups is 1. The molecule has 3 amide bonds. The Morgan fingerprint density at radius 1 is 0.781 bits per heavy atom. The van der Waals surface area contributed by atoms with E-state index in [0.717, 1.165) is 5.56 Å². The Kier molecular flexibility index (Phi) is 7.72. The molecule has 0 saturated carbocycles. The van der Waals surface area contributed by atoms with Crippen LogP contribution in [0.15, 0.2) is 91.0 Å². The standard InChI is InChI=1S/C25H25N3O4/c26-23(30)20(16-17-10-4-1-5-11-17)27-25(32)22(29)21(18-12-6-2-7-13-18)28-24(31)19-14-8-3-9-15-19/h1-15,20-22,29H,16H2,(H2,26,30)(H,27,32)(H,28,31)/t20-,21+,22-/m1/s1. The van der Waals surface area contributed by atoms with Gasteiger partial charge in [0, 0.05) is 12.0 Å². The molecule has 7 heteroatoms. The predicted octanol–water partition coefficient (Wildman–Crippen LogP) is 1.73.